The second-order valence-corrected chi connectivity index (χ2v) is 9.30. The second-order valence-electron chi connectivity index (χ2n) is 9.30. The molecule has 0 amide bonds. The molecule has 0 spiro atoms. The van der Waals surface area contributed by atoms with Crippen molar-refractivity contribution in [3.05, 3.63) is 35.5 Å². The van der Waals surface area contributed by atoms with Gasteiger partial charge in [0.1, 0.15) is 11.7 Å². The third-order valence-electron chi connectivity index (χ3n) is 8.29. The molecule has 7 unspecified atom stereocenters. The molecule has 4 heteroatoms. The zero-order chi connectivity index (χ0) is 18.9. The van der Waals surface area contributed by atoms with Gasteiger partial charge < -0.3 is 15.3 Å². The Morgan fingerprint density at radius 1 is 1.35 bits per heavy atom. The summed E-state index contributed by atoms with van der Waals surface area (Å²) < 4.78 is 0. The summed E-state index contributed by atoms with van der Waals surface area (Å²) in [7, 11) is 0. The fourth-order valence-electron chi connectivity index (χ4n) is 6.75. The molecule has 2 saturated carbocycles. The minimum atomic E-state index is -1.27. The van der Waals surface area contributed by atoms with Gasteiger partial charge in [-0.3, -0.25) is 4.79 Å². The van der Waals surface area contributed by atoms with Crippen molar-refractivity contribution in [3.63, 3.8) is 0 Å². The van der Waals surface area contributed by atoms with Crippen LogP contribution in [0.2, 0.25) is 0 Å². The number of rotatable bonds is 2. The van der Waals surface area contributed by atoms with Crippen molar-refractivity contribution in [2.75, 3.05) is 6.61 Å². The Balaban J connectivity index is 1.78. The molecule has 0 radical (unpaired) electrons. The van der Waals surface area contributed by atoms with Gasteiger partial charge in [0.25, 0.3) is 0 Å². The van der Waals surface area contributed by atoms with Crippen LogP contribution >= 0.6 is 0 Å². The zero-order valence-electron chi connectivity index (χ0n) is 15.9. The molecule has 0 bridgehead atoms. The maximum absolute atomic E-state index is 11.8. The van der Waals surface area contributed by atoms with Crippen LogP contribution in [0.3, 0.4) is 0 Å². The molecule has 0 aromatic heterocycles. The maximum Gasteiger partial charge on any atom is 0.178 e. The first kappa shape index (κ1) is 18.1. The predicted octanol–water partition coefficient (Wildman–Crippen LogP) is 2.54. The summed E-state index contributed by atoms with van der Waals surface area (Å²) >= 11 is 0. The standard InChI is InChI=1S/C22H30O4/c1-13-10-18-16-5-4-14-11-15(24)6-8-20(14,2)17(16)7-9-21(18,3)22(13,26)19(25)12-23/h6-8,11,13,16,18-19,23,25-26H,4-5,9-10,12H2,1-3H3. The van der Waals surface area contributed by atoms with Crippen LogP contribution in [0, 0.1) is 28.6 Å². The average molecular weight is 358 g/mol. The Morgan fingerprint density at radius 3 is 2.77 bits per heavy atom. The van der Waals surface area contributed by atoms with E-state index in [1.165, 1.54) is 11.1 Å². The van der Waals surface area contributed by atoms with E-state index >= 15 is 0 Å². The lowest BCUT2D eigenvalue weighted by atomic mass is 9.51. The summed E-state index contributed by atoms with van der Waals surface area (Å²) in [4.78, 5) is 11.8. The number of hydrogen-bond acceptors (Lipinski definition) is 4. The fraction of sp³-hybridized carbons (Fsp3) is 0.682. The quantitative estimate of drug-likeness (QED) is 0.663. The van der Waals surface area contributed by atoms with Crippen LogP contribution in [0.5, 0.6) is 0 Å². The van der Waals surface area contributed by atoms with Gasteiger partial charge in [-0.1, -0.05) is 37.1 Å². The molecule has 0 heterocycles. The normalized spacial score (nSPS) is 48.2. The van der Waals surface area contributed by atoms with E-state index in [9.17, 15) is 20.1 Å². The summed E-state index contributed by atoms with van der Waals surface area (Å²) in [5.74, 6) is 0.622. The third-order valence-corrected chi connectivity index (χ3v) is 8.29. The van der Waals surface area contributed by atoms with Gasteiger partial charge >= 0.3 is 0 Å². The monoisotopic (exact) mass is 358 g/mol. The highest BCUT2D eigenvalue weighted by atomic mass is 16.4. The number of allylic oxidation sites excluding steroid dienone is 6. The summed E-state index contributed by atoms with van der Waals surface area (Å²) in [6, 6.07) is 0. The van der Waals surface area contributed by atoms with E-state index in [0.29, 0.717) is 12.3 Å². The molecule has 0 aliphatic heterocycles. The van der Waals surface area contributed by atoms with Gasteiger partial charge in [0.15, 0.2) is 5.78 Å². The highest BCUT2D eigenvalue weighted by molar-refractivity contribution is 6.01. The number of aliphatic hydroxyl groups is 3. The van der Waals surface area contributed by atoms with E-state index in [4.69, 9.17) is 0 Å². The Kier molecular flexibility index (Phi) is 3.93. The molecule has 4 aliphatic rings. The van der Waals surface area contributed by atoms with Gasteiger partial charge in [0.2, 0.25) is 0 Å². The van der Waals surface area contributed by atoms with E-state index in [0.717, 1.165) is 19.3 Å². The molecule has 4 nitrogen and oxygen atoms in total. The first-order chi connectivity index (χ1) is 12.2. The molecule has 4 aliphatic carbocycles. The first-order valence-electron chi connectivity index (χ1n) is 9.84. The van der Waals surface area contributed by atoms with Gasteiger partial charge in [-0.05, 0) is 62.5 Å². The molecular formula is C22H30O4. The van der Waals surface area contributed by atoms with E-state index in [1.807, 2.05) is 6.92 Å². The van der Waals surface area contributed by atoms with Gasteiger partial charge in [0.05, 0.1) is 6.61 Å². The first-order valence-corrected chi connectivity index (χ1v) is 9.84. The highest BCUT2D eigenvalue weighted by Gasteiger charge is 2.66. The van der Waals surface area contributed by atoms with Crippen LogP contribution in [-0.4, -0.2) is 39.4 Å². The molecular weight excluding hydrogens is 328 g/mol. The lowest BCUT2D eigenvalue weighted by Crippen LogP contribution is -2.59. The Morgan fingerprint density at radius 2 is 2.08 bits per heavy atom. The average Bonchev–Trinajstić information content (AvgIpc) is 2.83. The fourth-order valence-corrected chi connectivity index (χ4v) is 6.75. The molecule has 0 aromatic carbocycles. The maximum atomic E-state index is 11.8. The van der Waals surface area contributed by atoms with E-state index in [2.05, 4.69) is 26.0 Å². The molecule has 0 saturated heterocycles. The van der Waals surface area contributed by atoms with E-state index < -0.39 is 23.7 Å². The highest BCUT2D eigenvalue weighted by Crippen LogP contribution is 2.66. The smallest absolute Gasteiger partial charge is 0.178 e. The summed E-state index contributed by atoms with van der Waals surface area (Å²) in [5.41, 5.74) is 0.653. The van der Waals surface area contributed by atoms with Gasteiger partial charge in [0, 0.05) is 10.8 Å². The number of fused-ring (bicyclic) bond motifs is 5. The summed E-state index contributed by atoms with van der Waals surface area (Å²) in [5, 5.41) is 31.5. The van der Waals surface area contributed by atoms with Gasteiger partial charge in [-0.15, -0.1) is 0 Å². The Bertz CT molecular complexity index is 734. The minimum absolute atomic E-state index is 0.0689. The molecule has 0 aromatic rings. The Labute approximate surface area is 155 Å². The Hall–Kier alpha value is -1.23. The minimum Gasteiger partial charge on any atom is -0.394 e. The van der Waals surface area contributed by atoms with Crippen LogP contribution in [0.4, 0.5) is 0 Å². The van der Waals surface area contributed by atoms with Crippen LogP contribution < -0.4 is 0 Å². The van der Waals surface area contributed by atoms with Crippen molar-refractivity contribution in [1.82, 2.24) is 0 Å². The van der Waals surface area contributed by atoms with Crippen LogP contribution in [-0.2, 0) is 4.79 Å². The molecule has 4 rings (SSSR count). The SMILES string of the molecule is CC1CC2C3CCC4=CC(=O)C=CC4(C)C3=CCC2(C)C1(O)C(O)CO. The topological polar surface area (TPSA) is 77.8 Å². The molecule has 142 valence electrons. The molecule has 7 atom stereocenters. The molecule has 3 N–H and O–H groups in total. The van der Waals surface area contributed by atoms with Crippen molar-refractivity contribution < 1.29 is 20.1 Å². The summed E-state index contributed by atoms with van der Waals surface area (Å²) in [6.07, 6.45) is 10.1. The van der Waals surface area contributed by atoms with Crippen molar-refractivity contribution in [2.24, 2.45) is 28.6 Å². The molecule has 2 fully saturated rings. The van der Waals surface area contributed by atoms with E-state index in [1.54, 1.807) is 12.2 Å². The number of carbonyl (C=O) groups is 1. The molecule has 26 heavy (non-hydrogen) atoms. The van der Waals surface area contributed by atoms with Crippen LogP contribution in [0.1, 0.15) is 46.5 Å². The lowest BCUT2D eigenvalue weighted by Gasteiger charge is -2.54. The predicted molar refractivity (Wildman–Crippen MR) is 99.2 cm³/mol. The number of hydrogen-bond donors (Lipinski definition) is 3. The third kappa shape index (κ3) is 2.04. The van der Waals surface area contributed by atoms with Crippen LogP contribution in [0.25, 0.3) is 0 Å². The van der Waals surface area contributed by atoms with Crippen molar-refractivity contribution in [1.29, 1.82) is 0 Å². The lowest BCUT2D eigenvalue weighted by molar-refractivity contribution is -0.180. The number of carbonyl (C=O) groups excluding carboxylic acids is 1. The number of ketones is 1. The summed E-state index contributed by atoms with van der Waals surface area (Å²) in [6.45, 7) is 5.87. The second kappa shape index (κ2) is 5.63. The van der Waals surface area contributed by atoms with E-state index in [-0.39, 0.29) is 23.0 Å². The van der Waals surface area contributed by atoms with Crippen molar-refractivity contribution in [2.45, 2.75) is 58.2 Å². The van der Waals surface area contributed by atoms with Gasteiger partial charge in [-0.2, -0.15) is 0 Å². The number of aliphatic hydroxyl groups excluding tert-OH is 2. The largest absolute Gasteiger partial charge is 0.394 e. The van der Waals surface area contributed by atoms with Crippen molar-refractivity contribution in [3.8, 4) is 0 Å². The van der Waals surface area contributed by atoms with Crippen LogP contribution in [0.15, 0.2) is 35.5 Å². The van der Waals surface area contributed by atoms with Gasteiger partial charge in [-0.25, -0.2) is 0 Å². The van der Waals surface area contributed by atoms with Crippen molar-refractivity contribution >= 4 is 5.78 Å². The zero-order valence-corrected chi connectivity index (χ0v) is 15.9.